The van der Waals surface area contributed by atoms with E-state index in [4.69, 9.17) is 0 Å². The molecular weight excluding hydrogens is 372 g/mol. The van der Waals surface area contributed by atoms with Crippen molar-refractivity contribution >= 4 is 17.6 Å². The van der Waals surface area contributed by atoms with E-state index in [-0.39, 0.29) is 11.7 Å². The predicted molar refractivity (Wildman–Crippen MR) is 94.6 cm³/mol. The summed E-state index contributed by atoms with van der Waals surface area (Å²) in [6.07, 6.45) is 0.999. The molecule has 1 unspecified atom stereocenters. The van der Waals surface area contributed by atoms with E-state index in [1.807, 2.05) is 4.90 Å². The van der Waals surface area contributed by atoms with Crippen molar-refractivity contribution in [2.75, 3.05) is 11.9 Å². The zero-order chi connectivity index (χ0) is 19.7. The first-order valence-corrected chi connectivity index (χ1v) is 9.11. The van der Waals surface area contributed by atoms with Crippen molar-refractivity contribution in [1.82, 2.24) is 20.4 Å². The molecule has 28 heavy (non-hydrogen) atoms. The minimum atomic E-state index is -2.83. The molecule has 1 saturated carbocycles. The Morgan fingerprint density at radius 2 is 1.96 bits per heavy atom. The molecule has 2 fully saturated rings. The molecule has 0 radical (unpaired) electrons. The zero-order valence-electron chi connectivity index (χ0n) is 14.9. The number of aromatic nitrogens is 2. The van der Waals surface area contributed by atoms with Gasteiger partial charge in [-0.3, -0.25) is 4.79 Å². The Morgan fingerprint density at radius 1 is 1.21 bits per heavy atom. The molecular formula is C18H19F2N5O3. The monoisotopic (exact) mass is 391 g/mol. The highest BCUT2D eigenvalue weighted by Crippen LogP contribution is 2.28. The number of anilines is 1. The van der Waals surface area contributed by atoms with Crippen molar-refractivity contribution in [3.8, 4) is 11.4 Å². The number of alkyl halides is 2. The molecule has 8 nitrogen and oxygen atoms in total. The van der Waals surface area contributed by atoms with Gasteiger partial charge in [-0.25, -0.2) is 4.79 Å². The summed E-state index contributed by atoms with van der Waals surface area (Å²) in [5.74, 6) is -0.727. The minimum absolute atomic E-state index is 0.0258. The number of carbonyl (C=O) groups excluding carboxylic acids is 2. The Kier molecular flexibility index (Phi) is 4.93. The van der Waals surface area contributed by atoms with Crippen LogP contribution in [0.4, 0.5) is 19.3 Å². The summed E-state index contributed by atoms with van der Waals surface area (Å²) < 4.78 is 29.5. The number of rotatable bonds is 5. The Balaban J connectivity index is 1.32. The number of hydrogen-bond acceptors (Lipinski definition) is 5. The van der Waals surface area contributed by atoms with Gasteiger partial charge in [0.2, 0.25) is 11.7 Å². The number of benzene rings is 1. The summed E-state index contributed by atoms with van der Waals surface area (Å²) >= 11 is 0. The molecule has 1 aromatic heterocycles. The van der Waals surface area contributed by atoms with Crippen LogP contribution in [0, 0.1) is 0 Å². The molecule has 0 spiro atoms. The second kappa shape index (κ2) is 7.53. The van der Waals surface area contributed by atoms with Crippen molar-refractivity contribution < 1.29 is 22.9 Å². The van der Waals surface area contributed by atoms with Gasteiger partial charge >= 0.3 is 12.5 Å². The first-order valence-electron chi connectivity index (χ1n) is 9.11. The molecule has 4 rings (SSSR count). The number of hydrogen-bond donors (Lipinski definition) is 2. The number of urea groups is 1. The lowest BCUT2D eigenvalue weighted by molar-refractivity contribution is -0.132. The lowest BCUT2D eigenvalue weighted by atomic mass is 9.92. The van der Waals surface area contributed by atoms with Gasteiger partial charge in [0.25, 0.3) is 5.89 Å². The lowest BCUT2D eigenvalue weighted by Gasteiger charge is -2.34. The van der Waals surface area contributed by atoms with Crippen molar-refractivity contribution in [1.29, 1.82) is 0 Å². The van der Waals surface area contributed by atoms with Crippen LogP contribution < -0.4 is 10.6 Å². The number of carbonyl (C=O) groups is 2. The normalized spacial score (nSPS) is 19.8. The maximum atomic E-state index is 12.5. The Labute approximate surface area is 159 Å². The highest BCUT2D eigenvalue weighted by molar-refractivity contribution is 5.94. The van der Waals surface area contributed by atoms with E-state index >= 15 is 0 Å². The molecule has 148 valence electrons. The van der Waals surface area contributed by atoms with Gasteiger partial charge in [0.15, 0.2) is 0 Å². The van der Waals surface area contributed by atoms with Gasteiger partial charge in [-0.2, -0.15) is 13.8 Å². The number of nitrogens with one attached hydrogen (secondary N) is 2. The van der Waals surface area contributed by atoms with E-state index in [9.17, 15) is 18.4 Å². The fraction of sp³-hybridized carbons (Fsp3) is 0.444. The molecule has 10 heteroatoms. The molecule has 2 aromatic rings. The minimum Gasteiger partial charge on any atom is -0.338 e. The summed E-state index contributed by atoms with van der Waals surface area (Å²) in [7, 11) is 0. The predicted octanol–water partition coefficient (Wildman–Crippen LogP) is 2.95. The van der Waals surface area contributed by atoms with Crippen molar-refractivity contribution in [2.24, 2.45) is 0 Å². The van der Waals surface area contributed by atoms with Crippen LogP contribution in [0.2, 0.25) is 0 Å². The molecule has 3 amide bonds. The van der Waals surface area contributed by atoms with Crippen molar-refractivity contribution in [3.63, 3.8) is 0 Å². The largest absolute Gasteiger partial charge is 0.338 e. The molecule has 1 aromatic carbocycles. The zero-order valence-corrected chi connectivity index (χ0v) is 14.9. The van der Waals surface area contributed by atoms with E-state index in [0.717, 1.165) is 19.3 Å². The summed E-state index contributed by atoms with van der Waals surface area (Å²) in [6.45, 7) is 0.675. The second-order valence-corrected chi connectivity index (χ2v) is 6.89. The van der Waals surface area contributed by atoms with Gasteiger partial charge in [0.1, 0.15) is 6.04 Å². The molecule has 2 aliphatic rings. The number of amides is 3. The van der Waals surface area contributed by atoms with Crippen molar-refractivity contribution in [3.05, 3.63) is 30.2 Å². The third-order valence-corrected chi connectivity index (χ3v) is 5.09. The third-order valence-electron chi connectivity index (χ3n) is 5.09. The maximum Gasteiger partial charge on any atom is 0.319 e. The highest BCUT2D eigenvalue weighted by Gasteiger charge is 2.38. The quantitative estimate of drug-likeness (QED) is 0.816. The van der Waals surface area contributed by atoms with Crippen LogP contribution in [-0.4, -0.2) is 45.6 Å². The maximum absolute atomic E-state index is 12.5. The van der Waals surface area contributed by atoms with E-state index in [2.05, 4.69) is 25.3 Å². The molecule has 0 bridgehead atoms. The fourth-order valence-corrected chi connectivity index (χ4v) is 3.37. The smallest absolute Gasteiger partial charge is 0.319 e. The Bertz CT molecular complexity index is 866. The number of likely N-dealkylation sites (tertiary alicyclic amines) is 1. The summed E-state index contributed by atoms with van der Waals surface area (Å²) in [4.78, 5) is 30.1. The molecule has 1 saturated heterocycles. The topological polar surface area (TPSA) is 100 Å². The fourth-order valence-electron chi connectivity index (χ4n) is 3.37. The van der Waals surface area contributed by atoms with Crippen LogP contribution in [0.5, 0.6) is 0 Å². The lowest BCUT2D eigenvalue weighted by Crippen LogP contribution is -2.47. The first-order chi connectivity index (χ1) is 13.5. The standard InChI is InChI=1S/C18H19F2N5O3/c19-14(20)16-23-15(24-28-16)10-4-6-11(7-5-10)21-18(27)22-13-8-9-25(17(13)26)12-2-1-3-12/h4-7,12-14H,1-3,8-9H2,(H2,21,22,27). The molecule has 1 atom stereocenters. The van der Waals surface area contributed by atoms with Gasteiger partial charge in [-0.1, -0.05) is 5.16 Å². The third kappa shape index (κ3) is 3.67. The summed E-state index contributed by atoms with van der Waals surface area (Å²) in [5, 5.41) is 8.87. The van der Waals surface area contributed by atoms with Crippen LogP contribution in [0.3, 0.4) is 0 Å². The van der Waals surface area contributed by atoms with Crippen LogP contribution in [-0.2, 0) is 4.79 Å². The number of halogens is 2. The van der Waals surface area contributed by atoms with Gasteiger partial charge in [0.05, 0.1) is 0 Å². The Morgan fingerprint density at radius 3 is 2.57 bits per heavy atom. The van der Waals surface area contributed by atoms with E-state index in [0.29, 0.717) is 30.3 Å². The molecule has 1 aliphatic heterocycles. The van der Waals surface area contributed by atoms with Gasteiger partial charge in [-0.15, -0.1) is 0 Å². The van der Waals surface area contributed by atoms with Gasteiger partial charge in [-0.05, 0) is 49.9 Å². The van der Waals surface area contributed by atoms with E-state index in [1.165, 1.54) is 0 Å². The van der Waals surface area contributed by atoms with Crippen LogP contribution in [0.25, 0.3) is 11.4 Å². The number of nitrogens with zero attached hydrogens (tertiary/aromatic N) is 3. The molecule has 2 heterocycles. The summed E-state index contributed by atoms with van der Waals surface area (Å²) in [6, 6.07) is 5.68. The van der Waals surface area contributed by atoms with Gasteiger partial charge in [0, 0.05) is 23.8 Å². The molecule has 1 aliphatic carbocycles. The average molecular weight is 391 g/mol. The van der Waals surface area contributed by atoms with Crippen LogP contribution >= 0.6 is 0 Å². The van der Waals surface area contributed by atoms with E-state index < -0.39 is 24.4 Å². The second-order valence-electron chi connectivity index (χ2n) is 6.89. The first kappa shape index (κ1) is 18.3. The SMILES string of the molecule is O=C(Nc1ccc(-c2noc(C(F)F)n2)cc1)NC1CCN(C2CCC2)C1=O. The van der Waals surface area contributed by atoms with Gasteiger partial charge < -0.3 is 20.1 Å². The highest BCUT2D eigenvalue weighted by atomic mass is 19.3. The van der Waals surface area contributed by atoms with E-state index in [1.54, 1.807) is 24.3 Å². The Hall–Kier alpha value is -3.04. The van der Waals surface area contributed by atoms with Crippen LogP contribution in [0.1, 0.15) is 38.0 Å². The molecule has 2 N–H and O–H groups in total. The average Bonchev–Trinajstić information content (AvgIpc) is 3.24. The van der Waals surface area contributed by atoms with Crippen molar-refractivity contribution in [2.45, 2.75) is 44.2 Å². The van der Waals surface area contributed by atoms with Crippen LogP contribution in [0.15, 0.2) is 28.8 Å². The summed E-state index contributed by atoms with van der Waals surface area (Å²) in [5.41, 5.74) is 0.962.